The monoisotopic (exact) mass is 183 g/mol. The summed E-state index contributed by atoms with van der Waals surface area (Å²) in [7, 11) is 0. The second kappa shape index (κ2) is 6.44. The molecular formula is C9H17N3O. The van der Waals surface area contributed by atoms with Gasteiger partial charge >= 0.3 is 0 Å². The average molecular weight is 183 g/mol. The summed E-state index contributed by atoms with van der Waals surface area (Å²) in [6, 6.07) is 1.82. The Labute approximate surface area is 79.5 Å². The molecule has 1 unspecified atom stereocenters. The van der Waals surface area contributed by atoms with Gasteiger partial charge < -0.3 is 5.32 Å². The summed E-state index contributed by atoms with van der Waals surface area (Å²) in [5, 5.41) is 11.2. The lowest BCUT2D eigenvalue weighted by Crippen LogP contribution is -2.45. The zero-order chi connectivity index (χ0) is 10.3. The van der Waals surface area contributed by atoms with Crippen LogP contribution in [0.2, 0.25) is 0 Å². The van der Waals surface area contributed by atoms with Crippen LogP contribution in [-0.2, 0) is 4.79 Å². The van der Waals surface area contributed by atoms with Crippen molar-refractivity contribution in [2.45, 2.75) is 26.8 Å². The Morgan fingerprint density at radius 3 is 2.62 bits per heavy atom. The largest absolute Gasteiger partial charge is 0.355 e. The molecule has 0 aromatic rings. The van der Waals surface area contributed by atoms with E-state index in [2.05, 4.69) is 5.32 Å². The van der Waals surface area contributed by atoms with Gasteiger partial charge in [-0.25, -0.2) is 0 Å². The molecule has 1 atom stereocenters. The number of carbonyl (C=O) groups excluding carboxylic acids is 1. The Kier molecular flexibility index (Phi) is 5.90. The maximum Gasteiger partial charge on any atom is 0.237 e. The molecule has 4 heteroatoms. The van der Waals surface area contributed by atoms with E-state index in [0.29, 0.717) is 19.6 Å². The van der Waals surface area contributed by atoms with Gasteiger partial charge in [0.25, 0.3) is 0 Å². The van der Waals surface area contributed by atoms with Gasteiger partial charge in [-0.05, 0) is 20.4 Å². The number of nitriles is 1. The van der Waals surface area contributed by atoms with Gasteiger partial charge in [-0.2, -0.15) is 5.26 Å². The minimum atomic E-state index is -0.218. The molecule has 0 saturated heterocycles. The summed E-state index contributed by atoms with van der Waals surface area (Å²) in [6.45, 7) is 7.28. The van der Waals surface area contributed by atoms with Crippen LogP contribution in [0.3, 0.4) is 0 Å². The van der Waals surface area contributed by atoms with Gasteiger partial charge in [0.1, 0.15) is 0 Å². The van der Waals surface area contributed by atoms with Gasteiger partial charge in [-0.1, -0.05) is 6.92 Å². The normalized spacial score (nSPS) is 12.2. The van der Waals surface area contributed by atoms with Gasteiger partial charge in [0.05, 0.1) is 18.7 Å². The predicted molar refractivity (Wildman–Crippen MR) is 51.0 cm³/mol. The van der Waals surface area contributed by atoms with Crippen molar-refractivity contribution < 1.29 is 4.79 Å². The summed E-state index contributed by atoms with van der Waals surface area (Å²) < 4.78 is 0. The van der Waals surface area contributed by atoms with Crippen LogP contribution in [0.25, 0.3) is 0 Å². The fourth-order valence-corrected chi connectivity index (χ4v) is 1.10. The third kappa shape index (κ3) is 3.90. The zero-order valence-corrected chi connectivity index (χ0v) is 8.50. The second-order valence-electron chi connectivity index (χ2n) is 2.79. The SMILES string of the molecule is CCNC(=O)C(C)N(CC)CC#N. The Bertz CT molecular complexity index is 198. The van der Waals surface area contributed by atoms with Gasteiger partial charge in [-0.3, -0.25) is 9.69 Å². The molecule has 0 aliphatic rings. The van der Waals surface area contributed by atoms with E-state index in [9.17, 15) is 4.79 Å². The number of amides is 1. The number of likely N-dealkylation sites (N-methyl/N-ethyl adjacent to an activating group) is 2. The summed E-state index contributed by atoms with van der Waals surface area (Å²) in [4.78, 5) is 13.2. The quantitative estimate of drug-likeness (QED) is 0.626. The molecule has 0 heterocycles. The van der Waals surface area contributed by atoms with Gasteiger partial charge in [0.2, 0.25) is 5.91 Å². The molecule has 0 bridgehead atoms. The molecule has 1 N–H and O–H groups in total. The molecule has 1 amide bonds. The first kappa shape index (κ1) is 11.9. The van der Waals surface area contributed by atoms with E-state index in [1.54, 1.807) is 0 Å². The standard InChI is InChI=1S/C9H17N3O/c1-4-11-9(13)8(3)12(5-2)7-6-10/h8H,4-5,7H2,1-3H3,(H,11,13). The molecule has 0 saturated carbocycles. The second-order valence-corrected chi connectivity index (χ2v) is 2.79. The zero-order valence-electron chi connectivity index (χ0n) is 8.50. The molecule has 0 aliphatic carbocycles. The highest BCUT2D eigenvalue weighted by atomic mass is 16.2. The van der Waals surface area contributed by atoms with Gasteiger partial charge in [-0.15, -0.1) is 0 Å². The molecular weight excluding hydrogens is 166 g/mol. The molecule has 0 aromatic carbocycles. The van der Waals surface area contributed by atoms with Crippen LogP contribution < -0.4 is 5.32 Å². The average Bonchev–Trinajstić information content (AvgIpc) is 2.13. The van der Waals surface area contributed by atoms with Crippen LogP contribution in [0, 0.1) is 11.3 Å². The van der Waals surface area contributed by atoms with E-state index in [0.717, 1.165) is 0 Å². The first-order valence-corrected chi connectivity index (χ1v) is 4.56. The number of carbonyl (C=O) groups is 1. The van der Waals surface area contributed by atoms with Crippen molar-refractivity contribution in [2.75, 3.05) is 19.6 Å². The molecule has 4 nitrogen and oxygen atoms in total. The molecule has 0 fully saturated rings. The fourth-order valence-electron chi connectivity index (χ4n) is 1.10. The van der Waals surface area contributed by atoms with Crippen LogP contribution in [0.5, 0.6) is 0 Å². The Hall–Kier alpha value is -1.08. The van der Waals surface area contributed by atoms with Crippen molar-refractivity contribution >= 4 is 5.91 Å². The van der Waals surface area contributed by atoms with E-state index in [4.69, 9.17) is 5.26 Å². The van der Waals surface area contributed by atoms with Crippen molar-refractivity contribution in [3.63, 3.8) is 0 Å². The first-order chi connectivity index (χ1) is 6.17. The van der Waals surface area contributed by atoms with Crippen LogP contribution in [-0.4, -0.2) is 36.5 Å². The Balaban J connectivity index is 4.11. The maximum atomic E-state index is 11.4. The van der Waals surface area contributed by atoms with E-state index >= 15 is 0 Å². The highest BCUT2D eigenvalue weighted by Crippen LogP contribution is 1.97. The Morgan fingerprint density at radius 1 is 1.62 bits per heavy atom. The van der Waals surface area contributed by atoms with Crippen molar-refractivity contribution in [1.29, 1.82) is 5.26 Å². The van der Waals surface area contributed by atoms with Crippen LogP contribution in [0.1, 0.15) is 20.8 Å². The smallest absolute Gasteiger partial charge is 0.237 e. The van der Waals surface area contributed by atoms with E-state index in [-0.39, 0.29) is 11.9 Å². The third-order valence-corrected chi connectivity index (χ3v) is 1.96. The first-order valence-electron chi connectivity index (χ1n) is 4.56. The number of rotatable bonds is 5. The predicted octanol–water partition coefficient (Wildman–Crippen LogP) is 0.356. The minimum absolute atomic E-state index is 0.0143. The lowest BCUT2D eigenvalue weighted by molar-refractivity contribution is -0.125. The Morgan fingerprint density at radius 2 is 2.23 bits per heavy atom. The van der Waals surface area contributed by atoms with E-state index < -0.39 is 0 Å². The van der Waals surface area contributed by atoms with Crippen LogP contribution in [0.15, 0.2) is 0 Å². The highest BCUT2D eigenvalue weighted by molar-refractivity contribution is 5.81. The summed E-state index contributed by atoms with van der Waals surface area (Å²) in [5.41, 5.74) is 0. The van der Waals surface area contributed by atoms with Gasteiger partial charge in [0, 0.05) is 6.54 Å². The molecule has 0 aromatic heterocycles. The highest BCUT2D eigenvalue weighted by Gasteiger charge is 2.18. The molecule has 0 radical (unpaired) electrons. The van der Waals surface area contributed by atoms with E-state index in [1.165, 1.54) is 0 Å². The van der Waals surface area contributed by atoms with Crippen molar-refractivity contribution in [1.82, 2.24) is 10.2 Å². The third-order valence-electron chi connectivity index (χ3n) is 1.96. The summed E-state index contributed by atoms with van der Waals surface area (Å²) in [6.07, 6.45) is 0. The minimum Gasteiger partial charge on any atom is -0.355 e. The number of nitrogens with zero attached hydrogens (tertiary/aromatic N) is 2. The fraction of sp³-hybridized carbons (Fsp3) is 0.778. The molecule has 0 spiro atoms. The summed E-state index contributed by atoms with van der Waals surface area (Å²) >= 11 is 0. The van der Waals surface area contributed by atoms with Gasteiger partial charge in [0.15, 0.2) is 0 Å². The van der Waals surface area contributed by atoms with Crippen molar-refractivity contribution in [3.05, 3.63) is 0 Å². The number of hydrogen-bond donors (Lipinski definition) is 1. The molecule has 0 rings (SSSR count). The topological polar surface area (TPSA) is 56.1 Å². The molecule has 74 valence electrons. The van der Waals surface area contributed by atoms with Crippen molar-refractivity contribution in [3.8, 4) is 6.07 Å². The van der Waals surface area contributed by atoms with Crippen LogP contribution >= 0.6 is 0 Å². The lowest BCUT2D eigenvalue weighted by Gasteiger charge is -2.23. The number of hydrogen-bond acceptors (Lipinski definition) is 3. The maximum absolute atomic E-state index is 11.4. The number of nitrogens with one attached hydrogen (secondary N) is 1. The summed E-state index contributed by atoms with van der Waals surface area (Å²) in [5.74, 6) is -0.0143. The van der Waals surface area contributed by atoms with Crippen LogP contribution in [0.4, 0.5) is 0 Å². The molecule has 13 heavy (non-hydrogen) atoms. The lowest BCUT2D eigenvalue weighted by atomic mass is 10.2. The van der Waals surface area contributed by atoms with Crippen molar-refractivity contribution in [2.24, 2.45) is 0 Å². The molecule has 0 aliphatic heterocycles. The van der Waals surface area contributed by atoms with E-state index in [1.807, 2.05) is 31.7 Å².